The van der Waals surface area contributed by atoms with Crippen molar-refractivity contribution in [1.82, 2.24) is 0 Å². The molecule has 0 radical (unpaired) electrons. The number of aromatic carboxylic acids is 1. The third-order valence-electron chi connectivity index (χ3n) is 2.95. The number of hydrogen-bond donors (Lipinski definition) is 2. The van der Waals surface area contributed by atoms with Gasteiger partial charge in [-0.15, -0.1) is 0 Å². The highest BCUT2D eigenvalue weighted by atomic mass is 19.1. The summed E-state index contributed by atoms with van der Waals surface area (Å²) in [5, 5.41) is 11.8. The van der Waals surface area contributed by atoms with Gasteiger partial charge in [-0.3, -0.25) is 0 Å². The molecule has 17 heavy (non-hydrogen) atoms. The van der Waals surface area contributed by atoms with Crippen LogP contribution in [-0.2, 0) is 0 Å². The minimum absolute atomic E-state index is 0.293. The Bertz CT molecular complexity index is 389. The monoisotopic (exact) mass is 239 g/mol. The zero-order valence-electron chi connectivity index (χ0n) is 10.2. The number of nitrogens with one attached hydrogen (secondary N) is 1. The number of anilines is 1. The van der Waals surface area contributed by atoms with E-state index in [-0.39, 0.29) is 5.56 Å². The summed E-state index contributed by atoms with van der Waals surface area (Å²) in [7, 11) is 0. The van der Waals surface area contributed by atoms with Crippen LogP contribution in [-0.4, -0.2) is 17.6 Å². The number of hydrogen-bond acceptors (Lipinski definition) is 2. The summed E-state index contributed by atoms with van der Waals surface area (Å²) in [5.41, 5.74) is 0.331. The highest BCUT2D eigenvalue weighted by molar-refractivity contribution is 5.88. The first kappa shape index (κ1) is 13.5. The molecule has 0 saturated carbocycles. The van der Waals surface area contributed by atoms with E-state index < -0.39 is 11.8 Å². The minimum Gasteiger partial charge on any atom is -0.478 e. The Morgan fingerprint density at radius 3 is 2.53 bits per heavy atom. The van der Waals surface area contributed by atoms with Gasteiger partial charge in [-0.2, -0.15) is 0 Å². The third kappa shape index (κ3) is 3.73. The Hall–Kier alpha value is -1.58. The van der Waals surface area contributed by atoms with Crippen molar-refractivity contribution in [3.05, 3.63) is 29.6 Å². The van der Waals surface area contributed by atoms with Gasteiger partial charge in [0.2, 0.25) is 0 Å². The van der Waals surface area contributed by atoms with Gasteiger partial charge in [0.1, 0.15) is 5.82 Å². The van der Waals surface area contributed by atoms with Crippen molar-refractivity contribution >= 4 is 11.7 Å². The quantitative estimate of drug-likeness (QED) is 0.800. The molecule has 3 nitrogen and oxygen atoms in total. The SMILES string of the molecule is CCC(CC)CNc1ccc(C(=O)O)c(F)c1. The summed E-state index contributed by atoms with van der Waals surface area (Å²) in [6, 6.07) is 4.10. The van der Waals surface area contributed by atoms with E-state index in [4.69, 9.17) is 5.11 Å². The zero-order valence-corrected chi connectivity index (χ0v) is 10.2. The highest BCUT2D eigenvalue weighted by Gasteiger charge is 2.10. The number of halogens is 1. The fraction of sp³-hybridized carbons (Fsp3) is 0.462. The Labute approximate surface area is 101 Å². The van der Waals surface area contributed by atoms with Crippen molar-refractivity contribution in [2.24, 2.45) is 5.92 Å². The van der Waals surface area contributed by atoms with Crippen LogP contribution in [0.1, 0.15) is 37.0 Å². The Kier molecular flexibility index (Phi) is 4.94. The molecule has 0 fully saturated rings. The van der Waals surface area contributed by atoms with E-state index in [1.807, 2.05) is 0 Å². The molecule has 0 amide bonds. The molecule has 0 bridgehead atoms. The molecule has 1 aromatic carbocycles. The number of carbonyl (C=O) groups is 1. The Morgan fingerprint density at radius 1 is 1.41 bits per heavy atom. The second kappa shape index (κ2) is 6.23. The van der Waals surface area contributed by atoms with E-state index in [0.717, 1.165) is 19.4 Å². The predicted molar refractivity (Wildman–Crippen MR) is 65.9 cm³/mol. The molecule has 0 aromatic heterocycles. The van der Waals surface area contributed by atoms with Crippen molar-refractivity contribution in [2.45, 2.75) is 26.7 Å². The summed E-state index contributed by atoms with van der Waals surface area (Å²) in [5.74, 6) is -1.39. The Balaban J connectivity index is 2.67. The van der Waals surface area contributed by atoms with Gasteiger partial charge in [0.05, 0.1) is 5.56 Å². The van der Waals surface area contributed by atoms with Gasteiger partial charge in [0, 0.05) is 12.2 Å². The van der Waals surface area contributed by atoms with Crippen LogP contribution in [0.4, 0.5) is 10.1 Å². The molecule has 0 heterocycles. The highest BCUT2D eigenvalue weighted by Crippen LogP contribution is 2.16. The first-order chi connectivity index (χ1) is 8.08. The van der Waals surface area contributed by atoms with Crippen LogP contribution in [0.5, 0.6) is 0 Å². The van der Waals surface area contributed by atoms with Gasteiger partial charge in [0.15, 0.2) is 0 Å². The molecule has 4 heteroatoms. The van der Waals surface area contributed by atoms with Crippen molar-refractivity contribution < 1.29 is 14.3 Å². The summed E-state index contributed by atoms with van der Waals surface area (Å²) >= 11 is 0. The van der Waals surface area contributed by atoms with E-state index >= 15 is 0 Å². The maximum atomic E-state index is 13.4. The van der Waals surface area contributed by atoms with Gasteiger partial charge >= 0.3 is 5.97 Å². The molecule has 0 spiro atoms. The summed E-state index contributed by atoms with van der Waals surface area (Å²) in [4.78, 5) is 10.6. The van der Waals surface area contributed by atoms with Crippen molar-refractivity contribution in [3.63, 3.8) is 0 Å². The van der Waals surface area contributed by atoms with E-state index in [0.29, 0.717) is 11.6 Å². The molecular weight excluding hydrogens is 221 g/mol. The van der Waals surface area contributed by atoms with Crippen LogP contribution < -0.4 is 5.32 Å². The normalized spacial score (nSPS) is 10.6. The van der Waals surface area contributed by atoms with Crippen molar-refractivity contribution in [2.75, 3.05) is 11.9 Å². The van der Waals surface area contributed by atoms with E-state index in [2.05, 4.69) is 19.2 Å². The van der Waals surface area contributed by atoms with Gasteiger partial charge in [0.25, 0.3) is 0 Å². The zero-order chi connectivity index (χ0) is 12.8. The van der Waals surface area contributed by atoms with Gasteiger partial charge in [-0.05, 0) is 24.1 Å². The molecule has 0 saturated heterocycles. The van der Waals surface area contributed by atoms with Crippen LogP contribution in [0.25, 0.3) is 0 Å². The summed E-state index contributed by atoms with van der Waals surface area (Å²) < 4.78 is 13.4. The maximum absolute atomic E-state index is 13.4. The van der Waals surface area contributed by atoms with Gasteiger partial charge in [-0.25, -0.2) is 9.18 Å². The maximum Gasteiger partial charge on any atom is 0.338 e. The first-order valence-corrected chi connectivity index (χ1v) is 5.85. The smallest absolute Gasteiger partial charge is 0.338 e. The fourth-order valence-electron chi connectivity index (χ4n) is 1.64. The van der Waals surface area contributed by atoms with Crippen LogP contribution in [0.2, 0.25) is 0 Å². The van der Waals surface area contributed by atoms with Crippen LogP contribution in [0.3, 0.4) is 0 Å². The lowest BCUT2D eigenvalue weighted by Gasteiger charge is -2.14. The van der Waals surface area contributed by atoms with E-state index in [9.17, 15) is 9.18 Å². The molecule has 0 aliphatic rings. The number of benzene rings is 1. The molecule has 0 aliphatic carbocycles. The van der Waals surface area contributed by atoms with Gasteiger partial charge < -0.3 is 10.4 Å². The van der Waals surface area contributed by atoms with Crippen molar-refractivity contribution in [3.8, 4) is 0 Å². The van der Waals surface area contributed by atoms with Gasteiger partial charge in [-0.1, -0.05) is 26.7 Å². The van der Waals surface area contributed by atoms with E-state index in [1.165, 1.54) is 12.1 Å². The number of carboxylic acid groups (broad SMARTS) is 1. The summed E-state index contributed by atoms with van der Waals surface area (Å²) in [6.07, 6.45) is 2.14. The molecular formula is C13H18FNO2. The second-order valence-electron chi connectivity index (χ2n) is 4.06. The molecule has 94 valence electrons. The second-order valence-corrected chi connectivity index (χ2v) is 4.06. The lowest BCUT2D eigenvalue weighted by Crippen LogP contribution is -2.13. The lowest BCUT2D eigenvalue weighted by molar-refractivity contribution is 0.0692. The van der Waals surface area contributed by atoms with Crippen molar-refractivity contribution in [1.29, 1.82) is 0 Å². The predicted octanol–water partition coefficient (Wildman–Crippen LogP) is 3.37. The average Bonchev–Trinajstić information content (AvgIpc) is 2.30. The largest absolute Gasteiger partial charge is 0.478 e. The standard InChI is InChI=1S/C13H18FNO2/c1-3-9(4-2)8-15-10-5-6-11(13(16)17)12(14)7-10/h5-7,9,15H,3-4,8H2,1-2H3,(H,16,17). The minimum atomic E-state index is -1.24. The summed E-state index contributed by atoms with van der Waals surface area (Å²) in [6.45, 7) is 5.01. The average molecular weight is 239 g/mol. The third-order valence-corrected chi connectivity index (χ3v) is 2.95. The number of carboxylic acids is 1. The molecule has 0 unspecified atom stereocenters. The molecule has 0 atom stereocenters. The molecule has 1 aromatic rings. The topological polar surface area (TPSA) is 49.3 Å². The molecule has 2 N–H and O–H groups in total. The van der Waals surface area contributed by atoms with Crippen LogP contribution >= 0.6 is 0 Å². The first-order valence-electron chi connectivity index (χ1n) is 5.85. The number of rotatable bonds is 6. The molecule has 1 rings (SSSR count). The lowest BCUT2D eigenvalue weighted by atomic mass is 10.0. The molecule has 0 aliphatic heterocycles. The fourth-order valence-corrected chi connectivity index (χ4v) is 1.64. The Morgan fingerprint density at radius 2 is 2.06 bits per heavy atom. The van der Waals surface area contributed by atoms with Crippen LogP contribution in [0.15, 0.2) is 18.2 Å². The van der Waals surface area contributed by atoms with E-state index in [1.54, 1.807) is 6.07 Å². The van der Waals surface area contributed by atoms with Crippen LogP contribution in [0, 0.1) is 11.7 Å².